The second-order valence-electron chi connectivity index (χ2n) is 7.58. The van der Waals surface area contributed by atoms with Gasteiger partial charge in [0, 0.05) is 11.1 Å². The Hall–Kier alpha value is -1.20. The molecule has 0 unspecified atom stereocenters. The molecule has 0 radical (unpaired) electrons. The van der Waals surface area contributed by atoms with E-state index in [0.29, 0.717) is 32.1 Å². The summed E-state index contributed by atoms with van der Waals surface area (Å²) in [6, 6.07) is 0. The number of carbonyl (C=O) groups is 3. The van der Waals surface area contributed by atoms with E-state index >= 15 is 0 Å². The SMILES string of the molecule is C=C(C)C(=O)OCC(CCC)(COC(=O)C(=C)C)C(=O)OCCCCCCS(=O)(=O)O.[NaH]. The maximum atomic E-state index is 12.9. The molecule has 0 aliphatic carbocycles. The van der Waals surface area contributed by atoms with Crippen LogP contribution >= 0.6 is 0 Å². The molecule has 32 heavy (non-hydrogen) atoms. The average Bonchev–Trinajstić information content (AvgIpc) is 2.67. The summed E-state index contributed by atoms with van der Waals surface area (Å²) in [6.45, 7) is 11.2. The van der Waals surface area contributed by atoms with E-state index in [2.05, 4.69) is 13.2 Å². The first kappa shape index (κ1) is 33.0. The van der Waals surface area contributed by atoms with Crippen molar-refractivity contribution in [3.63, 3.8) is 0 Å². The van der Waals surface area contributed by atoms with E-state index in [1.54, 1.807) is 0 Å². The summed E-state index contributed by atoms with van der Waals surface area (Å²) in [7, 11) is -3.98. The fourth-order valence-electron chi connectivity index (χ4n) is 2.60. The fourth-order valence-corrected chi connectivity index (χ4v) is 3.17. The summed E-state index contributed by atoms with van der Waals surface area (Å²) in [4.78, 5) is 36.6. The fraction of sp³-hybridized carbons (Fsp3) is 0.667. The monoisotopic (exact) mass is 486 g/mol. The van der Waals surface area contributed by atoms with Gasteiger partial charge in [-0.25, -0.2) is 9.59 Å². The molecule has 0 spiro atoms. The summed E-state index contributed by atoms with van der Waals surface area (Å²) in [5.41, 5.74) is -1.03. The van der Waals surface area contributed by atoms with Crippen molar-refractivity contribution in [3.05, 3.63) is 24.3 Å². The first-order valence-corrected chi connectivity index (χ1v) is 11.7. The molecule has 0 bridgehead atoms. The molecule has 0 aliphatic rings. The van der Waals surface area contributed by atoms with Crippen molar-refractivity contribution in [1.82, 2.24) is 0 Å². The van der Waals surface area contributed by atoms with Gasteiger partial charge < -0.3 is 14.2 Å². The van der Waals surface area contributed by atoms with Crippen molar-refractivity contribution in [1.29, 1.82) is 0 Å². The van der Waals surface area contributed by atoms with E-state index < -0.39 is 33.4 Å². The standard InChI is InChI=1S/C21H34O9S.Na.H/c1-6-11-21(14-29-18(22)16(2)3,15-30-19(23)17(4)5)20(24)28-12-9-7-8-10-13-31(25,26)27;;/h2,4,6-15H2,1,3,5H3,(H,25,26,27);;. The summed E-state index contributed by atoms with van der Waals surface area (Å²) in [5, 5.41) is 0. The van der Waals surface area contributed by atoms with Crippen molar-refractivity contribution in [2.24, 2.45) is 5.41 Å². The third-order valence-corrected chi connectivity index (χ3v) is 5.15. The van der Waals surface area contributed by atoms with Crippen LogP contribution in [0.25, 0.3) is 0 Å². The number of rotatable bonds is 16. The van der Waals surface area contributed by atoms with E-state index in [1.807, 2.05) is 6.92 Å². The minimum atomic E-state index is -3.98. The number of ether oxygens (including phenoxy) is 3. The number of unbranched alkanes of at least 4 members (excludes halogenated alkanes) is 3. The molecule has 1 N–H and O–H groups in total. The number of hydrogen-bond donors (Lipinski definition) is 1. The molecule has 0 saturated carbocycles. The van der Waals surface area contributed by atoms with Crippen LogP contribution in [0, 0.1) is 5.41 Å². The molecule has 0 heterocycles. The molecule has 0 saturated heterocycles. The van der Waals surface area contributed by atoms with Crippen LogP contribution in [0.1, 0.15) is 59.3 Å². The summed E-state index contributed by atoms with van der Waals surface area (Å²) in [6.07, 6.45) is 2.73. The molecular formula is C21H35NaO9S. The quantitative estimate of drug-likeness (QED) is 0.0871. The van der Waals surface area contributed by atoms with Gasteiger partial charge in [-0.1, -0.05) is 39.3 Å². The van der Waals surface area contributed by atoms with Gasteiger partial charge >= 0.3 is 47.5 Å². The van der Waals surface area contributed by atoms with Crippen molar-refractivity contribution in [2.45, 2.75) is 59.3 Å². The molecule has 180 valence electrons. The molecule has 0 aromatic rings. The van der Waals surface area contributed by atoms with Gasteiger partial charge in [-0.3, -0.25) is 9.35 Å². The first-order chi connectivity index (χ1) is 14.3. The zero-order valence-electron chi connectivity index (χ0n) is 18.6. The van der Waals surface area contributed by atoms with Crippen molar-refractivity contribution >= 4 is 57.6 Å². The molecule has 0 aliphatic heterocycles. The van der Waals surface area contributed by atoms with E-state index in [1.165, 1.54) is 13.8 Å². The van der Waals surface area contributed by atoms with E-state index in [-0.39, 0.29) is 72.7 Å². The Balaban J connectivity index is 0. The zero-order valence-corrected chi connectivity index (χ0v) is 19.4. The van der Waals surface area contributed by atoms with Crippen LogP contribution in [0.5, 0.6) is 0 Å². The van der Waals surface area contributed by atoms with Crippen LogP contribution in [-0.2, 0) is 38.7 Å². The van der Waals surface area contributed by atoms with Gasteiger partial charge in [0.2, 0.25) is 0 Å². The Labute approximate surface area is 213 Å². The van der Waals surface area contributed by atoms with Crippen LogP contribution in [0.15, 0.2) is 24.3 Å². The van der Waals surface area contributed by atoms with Crippen molar-refractivity contribution in [3.8, 4) is 0 Å². The molecule has 0 aromatic heterocycles. The van der Waals surface area contributed by atoms with Gasteiger partial charge in [0.25, 0.3) is 10.1 Å². The Morgan fingerprint density at radius 2 is 1.34 bits per heavy atom. The van der Waals surface area contributed by atoms with Crippen LogP contribution < -0.4 is 0 Å². The van der Waals surface area contributed by atoms with Gasteiger partial charge in [0.1, 0.15) is 18.6 Å². The van der Waals surface area contributed by atoms with E-state index in [0.717, 1.165) is 0 Å². The van der Waals surface area contributed by atoms with Gasteiger partial charge in [-0.15, -0.1) is 0 Å². The minimum absolute atomic E-state index is 0. The molecule has 0 fully saturated rings. The molecule has 11 heteroatoms. The third-order valence-electron chi connectivity index (χ3n) is 4.35. The molecule has 0 amide bonds. The Morgan fingerprint density at radius 3 is 1.75 bits per heavy atom. The summed E-state index contributed by atoms with van der Waals surface area (Å²) >= 11 is 0. The summed E-state index contributed by atoms with van der Waals surface area (Å²) < 4.78 is 45.8. The van der Waals surface area contributed by atoms with Gasteiger partial charge in [0.05, 0.1) is 12.4 Å². The maximum absolute atomic E-state index is 12.9. The second-order valence-corrected chi connectivity index (χ2v) is 9.15. The first-order valence-electron chi connectivity index (χ1n) is 10.1. The van der Waals surface area contributed by atoms with E-state index in [4.69, 9.17) is 18.8 Å². The number of esters is 3. The Bertz CT molecular complexity index is 729. The summed E-state index contributed by atoms with van der Waals surface area (Å²) in [5.74, 6) is -2.30. The second kappa shape index (κ2) is 16.4. The average molecular weight is 487 g/mol. The number of carbonyl (C=O) groups excluding carboxylic acids is 3. The molecule has 0 aromatic carbocycles. The predicted molar refractivity (Wildman–Crippen MR) is 122 cm³/mol. The molecular weight excluding hydrogens is 451 g/mol. The van der Waals surface area contributed by atoms with Crippen LogP contribution in [-0.4, -0.2) is 86.0 Å². The van der Waals surface area contributed by atoms with Crippen molar-refractivity contribution < 1.29 is 41.6 Å². The van der Waals surface area contributed by atoms with Crippen LogP contribution in [0.3, 0.4) is 0 Å². The Kier molecular flexibility index (Phi) is 16.9. The molecule has 0 atom stereocenters. The van der Waals surface area contributed by atoms with Gasteiger partial charge in [0.15, 0.2) is 0 Å². The molecule has 0 rings (SSSR count). The van der Waals surface area contributed by atoms with Gasteiger partial charge in [-0.2, -0.15) is 8.42 Å². The Morgan fingerprint density at radius 1 is 0.875 bits per heavy atom. The topological polar surface area (TPSA) is 133 Å². The van der Waals surface area contributed by atoms with Gasteiger partial charge in [-0.05, 0) is 33.1 Å². The van der Waals surface area contributed by atoms with E-state index in [9.17, 15) is 22.8 Å². The number of hydrogen-bond acceptors (Lipinski definition) is 8. The van der Waals surface area contributed by atoms with Crippen molar-refractivity contribution in [2.75, 3.05) is 25.6 Å². The zero-order chi connectivity index (χ0) is 24.1. The van der Waals surface area contributed by atoms with Crippen LogP contribution in [0.4, 0.5) is 0 Å². The van der Waals surface area contributed by atoms with Crippen LogP contribution in [0.2, 0.25) is 0 Å². The normalized spacial score (nSPS) is 11.1. The predicted octanol–water partition coefficient (Wildman–Crippen LogP) is 2.35. The third kappa shape index (κ3) is 14.1. The molecule has 9 nitrogen and oxygen atoms in total.